The number of benzene rings is 9. The number of para-hydroxylation sites is 1. The Bertz CT molecular complexity index is 3200. The molecule has 0 bridgehead atoms. The molecular weight excluding hydrogens is 687 g/mol. The number of nitrogens with zero attached hydrogens (tertiary/aromatic N) is 1. The molecule has 0 unspecified atom stereocenters. The van der Waals surface area contributed by atoms with E-state index in [1.165, 1.54) is 53.2 Å². The molecule has 2 heterocycles. The Balaban J connectivity index is 1.02. The third-order valence-corrected chi connectivity index (χ3v) is 12.1. The highest BCUT2D eigenvalue weighted by atomic mass is 32.1. The molecule has 0 saturated heterocycles. The summed E-state index contributed by atoms with van der Waals surface area (Å²) in [6.45, 7) is 0. The van der Waals surface area contributed by atoms with Gasteiger partial charge in [0.15, 0.2) is 0 Å². The van der Waals surface area contributed by atoms with Crippen molar-refractivity contribution in [3.63, 3.8) is 0 Å². The number of thiophene rings is 1. The van der Waals surface area contributed by atoms with Crippen LogP contribution in [0.15, 0.2) is 205 Å². The summed E-state index contributed by atoms with van der Waals surface area (Å²) >= 11 is 1.87. The highest BCUT2D eigenvalue weighted by Crippen LogP contribution is 2.43. The summed E-state index contributed by atoms with van der Waals surface area (Å²) in [4.78, 5) is 2.37. The first-order valence-electron chi connectivity index (χ1n) is 18.7. The summed E-state index contributed by atoms with van der Waals surface area (Å²) in [5, 5.41) is 7.41. The Labute approximate surface area is 322 Å². The molecule has 11 rings (SSSR count). The van der Waals surface area contributed by atoms with Crippen LogP contribution >= 0.6 is 11.3 Å². The second-order valence-corrected chi connectivity index (χ2v) is 15.1. The van der Waals surface area contributed by atoms with E-state index < -0.39 is 0 Å². The van der Waals surface area contributed by atoms with Crippen molar-refractivity contribution >= 4 is 81.3 Å². The van der Waals surface area contributed by atoms with E-state index in [-0.39, 0.29) is 0 Å². The van der Waals surface area contributed by atoms with Gasteiger partial charge in [0.2, 0.25) is 0 Å². The third-order valence-electron chi connectivity index (χ3n) is 10.9. The minimum atomic E-state index is 0.904. The molecule has 0 saturated carbocycles. The first kappa shape index (κ1) is 31.6. The van der Waals surface area contributed by atoms with Crippen molar-refractivity contribution in [2.45, 2.75) is 0 Å². The highest BCUT2D eigenvalue weighted by Gasteiger charge is 2.17. The van der Waals surface area contributed by atoms with E-state index in [9.17, 15) is 0 Å². The minimum absolute atomic E-state index is 0.904. The van der Waals surface area contributed by atoms with E-state index in [2.05, 4.69) is 193 Å². The van der Waals surface area contributed by atoms with Gasteiger partial charge in [-0.25, -0.2) is 0 Å². The molecule has 0 aliphatic heterocycles. The van der Waals surface area contributed by atoms with Crippen LogP contribution in [0.3, 0.4) is 0 Å². The van der Waals surface area contributed by atoms with Gasteiger partial charge in [-0.2, -0.15) is 0 Å². The summed E-state index contributed by atoms with van der Waals surface area (Å²) in [6, 6.07) is 72.2. The van der Waals surface area contributed by atoms with Crippen LogP contribution in [0.5, 0.6) is 0 Å². The second-order valence-electron chi connectivity index (χ2n) is 14.1. The van der Waals surface area contributed by atoms with Crippen molar-refractivity contribution in [2.75, 3.05) is 4.90 Å². The van der Waals surface area contributed by atoms with Crippen LogP contribution in [0.4, 0.5) is 17.1 Å². The number of rotatable bonds is 6. The smallest absolute Gasteiger partial charge is 0.136 e. The first-order valence-corrected chi connectivity index (χ1v) is 19.5. The van der Waals surface area contributed by atoms with Crippen LogP contribution < -0.4 is 4.90 Å². The molecule has 11 aromatic rings. The topological polar surface area (TPSA) is 16.4 Å². The van der Waals surface area contributed by atoms with Crippen LogP contribution in [0.25, 0.3) is 86.3 Å². The summed E-state index contributed by atoms with van der Waals surface area (Å²) < 4.78 is 8.87. The fraction of sp³-hybridized carbons (Fsp3) is 0. The predicted molar refractivity (Wildman–Crippen MR) is 235 cm³/mol. The average molecular weight is 720 g/mol. The van der Waals surface area contributed by atoms with Crippen molar-refractivity contribution < 1.29 is 4.42 Å². The molecule has 2 nitrogen and oxygen atoms in total. The quantitative estimate of drug-likeness (QED) is 0.170. The van der Waals surface area contributed by atoms with Crippen molar-refractivity contribution in [2.24, 2.45) is 0 Å². The molecular formula is C52H33NOS. The minimum Gasteiger partial charge on any atom is -0.456 e. The normalized spacial score (nSPS) is 11.6. The van der Waals surface area contributed by atoms with E-state index in [1.807, 2.05) is 23.5 Å². The number of hydrogen-bond acceptors (Lipinski definition) is 3. The molecule has 0 radical (unpaired) electrons. The zero-order valence-electron chi connectivity index (χ0n) is 29.8. The fourth-order valence-electron chi connectivity index (χ4n) is 8.21. The van der Waals surface area contributed by atoms with Crippen LogP contribution in [-0.4, -0.2) is 0 Å². The number of fused-ring (bicyclic) bond motifs is 7. The van der Waals surface area contributed by atoms with Gasteiger partial charge in [0.1, 0.15) is 11.2 Å². The summed E-state index contributed by atoms with van der Waals surface area (Å²) in [5.41, 5.74) is 12.3. The maximum atomic E-state index is 6.24. The lowest BCUT2D eigenvalue weighted by atomic mass is 9.98. The van der Waals surface area contributed by atoms with Gasteiger partial charge in [0, 0.05) is 48.0 Å². The van der Waals surface area contributed by atoms with Crippen molar-refractivity contribution in [3.05, 3.63) is 200 Å². The van der Waals surface area contributed by atoms with Gasteiger partial charge in [0.25, 0.3) is 0 Å². The molecule has 0 spiro atoms. The Morgan fingerprint density at radius 3 is 1.82 bits per heavy atom. The lowest BCUT2D eigenvalue weighted by Gasteiger charge is -2.26. The Kier molecular flexibility index (Phi) is 7.39. The van der Waals surface area contributed by atoms with Crippen LogP contribution in [-0.2, 0) is 0 Å². The fourth-order valence-corrected chi connectivity index (χ4v) is 9.45. The average Bonchev–Trinajstić information content (AvgIpc) is 3.82. The van der Waals surface area contributed by atoms with Gasteiger partial charge in [0.05, 0.1) is 0 Å². The molecule has 258 valence electrons. The number of hydrogen-bond donors (Lipinski definition) is 0. The number of furan rings is 1. The molecule has 0 amide bonds. The maximum absolute atomic E-state index is 6.24. The molecule has 3 heteroatoms. The van der Waals surface area contributed by atoms with Crippen molar-refractivity contribution in [1.29, 1.82) is 0 Å². The second kappa shape index (κ2) is 12.9. The molecule has 0 atom stereocenters. The van der Waals surface area contributed by atoms with Crippen molar-refractivity contribution in [1.82, 2.24) is 0 Å². The van der Waals surface area contributed by atoms with Crippen LogP contribution in [0, 0.1) is 0 Å². The predicted octanol–water partition coefficient (Wildman–Crippen LogP) is 15.6. The zero-order chi connectivity index (χ0) is 36.3. The summed E-state index contributed by atoms with van der Waals surface area (Å²) in [6.07, 6.45) is 0. The van der Waals surface area contributed by atoms with E-state index in [4.69, 9.17) is 4.42 Å². The summed E-state index contributed by atoms with van der Waals surface area (Å²) in [7, 11) is 0. The molecule has 55 heavy (non-hydrogen) atoms. The monoisotopic (exact) mass is 719 g/mol. The van der Waals surface area contributed by atoms with E-state index in [1.54, 1.807) is 0 Å². The maximum Gasteiger partial charge on any atom is 0.136 e. The highest BCUT2D eigenvalue weighted by molar-refractivity contribution is 7.26. The first-order chi connectivity index (χ1) is 27.2. The molecule has 9 aromatic carbocycles. The number of anilines is 3. The third kappa shape index (κ3) is 5.40. The zero-order valence-corrected chi connectivity index (χ0v) is 30.6. The standard InChI is InChI=1S/C52H33NOS/c1-2-14-42-35(10-1)11-8-17-43(42)36-24-29-40(30-25-36)53(39-27-22-34(23-28-39)37-26-31-46-45-15-3-5-20-49(45)54-50(46)33-37)41-13-7-12-38(32-41)44-18-9-19-48-47-16-4-6-21-51(47)55-52(44)48/h1-33H. The molecule has 0 aliphatic carbocycles. The van der Waals surface area contributed by atoms with Gasteiger partial charge in [-0.15, -0.1) is 11.3 Å². The van der Waals surface area contributed by atoms with Crippen molar-refractivity contribution in [3.8, 4) is 33.4 Å². The lowest BCUT2D eigenvalue weighted by molar-refractivity contribution is 0.669. The van der Waals surface area contributed by atoms with Gasteiger partial charge in [-0.1, -0.05) is 140 Å². The Morgan fingerprint density at radius 2 is 0.964 bits per heavy atom. The van der Waals surface area contributed by atoms with Gasteiger partial charge in [-0.3, -0.25) is 0 Å². The lowest BCUT2D eigenvalue weighted by Crippen LogP contribution is -2.10. The molecule has 0 N–H and O–H groups in total. The van der Waals surface area contributed by atoms with Crippen LogP contribution in [0.2, 0.25) is 0 Å². The van der Waals surface area contributed by atoms with E-state index in [0.29, 0.717) is 0 Å². The molecule has 0 fully saturated rings. The van der Waals surface area contributed by atoms with E-state index in [0.717, 1.165) is 50.1 Å². The van der Waals surface area contributed by atoms with Gasteiger partial charge in [-0.05, 0) is 105 Å². The molecule has 2 aromatic heterocycles. The van der Waals surface area contributed by atoms with Crippen LogP contribution in [0.1, 0.15) is 0 Å². The Hall–Kier alpha value is -6.94. The SMILES string of the molecule is c1cc(-c2cccc3c2sc2ccccc23)cc(N(c2ccc(-c3ccc4c(c3)oc3ccccc34)cc2)c2ccc(-c3cccc4ccccc34)cc2)c1. The van der Waals surface area contributed by atoms with Gasteiger partial charge < -0.3 is 9.32 Å². The summed E-state index contributed by atoms with van der Waals surface area (Å²) in [5.74, 6) is 0. The van der Waals surface area contributed by atoms with Gasteiger partial charge >= 0.3 is 0 Å². The van der Waals surface area contributed by atoms with E-state index >= 15 is 0 Å². The Morgan fingerprint density at radius 1 is 0.345 bits per heavy atom. The molecule has 0 aliphatic rings. The largest absolute Gasteiger partial charge is 0.456 e.